The van der Waals surface area contributed by atoms with E-state index < -0.39 is 0 Å². The molecule has 0 aromatic carbocycles. The number of nitrogen functional groups attached to an aromatic ring is 1. The Morgan fingerprint density at radius 1 is 1.26 bits per heavy atom. The Balaban J connectivity index is 1.95. The Kier molecular flexibility index (Phi) is 3.42. The molecule has 1 aliphatic heterocycles. The molecule has 0 radical (unpaired) electrons. The second-order valence-electron chi connectivity index (χ2n) is 6.14. The molecule has 19 heavy (non-hydrogen) atoms. The third-order valence-electron chi connectivity index (χ3n) is 4.85. The van der Waals surface area contributed by atoms with E-state index in [0.717, 1.165) is 36.8 Å². The molecule has 1 aromatic rings. The topological polar surface area (TPSA) is 47.1 Å². The quantitative estimate of drug-likeness (QED) is 0.911. The van der Waals surface area contributed by atoms with Crippen molar-refractivity contribution in [1.29, 1.82) is 0 Å². The second kappa shape index (κ2) is 5.06. The lowest BCUT2D eigenvalue weighted by Crippen LogP contribution is -2.44. The van der Waals surface area contributed by atoms with Crippen LogP contribution in [0.3, 0.4) is 0 Å². The zero-order valence-electron chi connectivity index (χ0n) is 12.2. The highest BCUT2D eigenvalue weighted by Crippen LogP contribution is 2.41. The van der Waals surface area contributed by atoms with Crippen molar-refractivity contribution in [3.8, 4) is 0 Å². The van der Waals surface area contributed by atoms with Crippen LogP contribution < -0.4 is 10.6 Å². The predicted molar refractivity (Wildman–Crippen MR) is 79.4 cm³/mol. The third kappa shape index (κ3) is 2.11. The summed E-state index contributed by atoms with van der Waals surface area (Å²) in [6.07, 6.45) is 7.93. The van der Waals surface area contributed by atoms with Gasteiger partial charge in [-0.25, -0.2) is 4.68 Å². The minimum absolute atomic E-state index is 0.711. The summed E-state index contributed by atoms with van der Waals surface area (Å²) >= 11 is 0. The molecule has 1 aliphatic carbocycles. The molecule has 4 heteroatoms. The number of nitrogens with zero attached hydrogens (tertiary/aromatic N) is 3. The number of piperidine rings is 1. The van der Waals surface area contributed by atoms with Crippen molar-refractivity contribution in [3.05, 3.63) is 5.69 Å². The average Bonchev–Trinajstić information content (AvgIpc) is 2.96. The van der Waals surface area contributed by atoms with Crippen LogP contribution in [0.5, 0.6) is 0 Å². The lowest BCUT2D eigenvalue weighted by Gasteiger charge is -2.39. The molecule has 1 saturated heterocycles. The van der Waals surface area contributed by atoms with Crippen LogP contribution in [0.25, 0.3) is 0 Å². The first kappa shape index (κ1) is 12.8. The molecular formula is C15H26N4. The van der Waals surface area contributed by atoms with E-state index in [1.54, 1.807) is 0 Å². The van der Waals surface area contributed by atoms with E-state index in [0.29, 0.717) is 6.04 Å². The molecular weight excluding hydrogens is 236 g/mol. The van der Waals surface area contributed by atoms with Gasteiger partial charge in [0.25, 0.3) is 0 Å². The Hall–Kier alpha value is -1.19. The lowest BCUT2D eigenvalue weighted by molar-refractivity contribution is 0.356. The molecule has 2 N–H and O–H groups in total. The van der Waals surface area contributed by atoms with E-state index in [9.17, 15) is 0 Å². The van der Waals surface area contributed by atoms with Crippen molar-refractivity contribution in [2.75, 3.05) is 17.2 Å². The molecule has 0 amide bonds. The van der Waals surface area contributed by atoms with Gasteiger partial charge in [0.1, 0.15) is 0 Å². The van der Waals surface area contributed by atoms with Crippen LogP contribution in [-0.4, -0.2) is 22.4 Å². The minimum atomic E-state index is 0.711. The molecule has 3 rings (SSSR count). The van der Waals surface area contributed by atoms with Gasteiger partial charge in [-0.2, -0.15) is 5.10 Å². The normalized spacial score (nSPS) is 26.7. The molecule has 2 heterocycles. The van der Waals surface area contributed by atoms with Crippen LogP contribution in [0.15, 0.2) is 0 Å². The highest BCUT2D eigenvalue weighted by molar-refractivity contribution is 5.67. The van der Waals surface area contributed by atoms with Gasteiger partial charge in [0.15, 0.2) is 5.82 Å². The van der Waals surface area contributed by atoms with E-state index in [1.807, 2.05) is 6.92 Å². The van der Waals surface area contributed by atoms with Crippen LogP contribution in [0.1, 0.15) is 51.1 Å². The van der Waals surface area contributed by atoms with Crippen LogP contribution in [0, 0.1) is 12.8 Å². The fourth-order valence-corrected chi connectivity index (χ4v) is 3.97. The van der Waals surface area contributed by atoms with Crippen LogP contribution in [0.4, 0.5) is 11.5 Å². The maximum atomic E-state index is 6.32. The maximum Gasteiger partial charge on any atom is 0.150 e. The summed E-state index contributed by atoms with van der Waals surface area (Å²) in [6.45, 7) is 6.36. The van der Waals surface area contributed by atoms with Gasteiger partial charge in [0, 0.05) is 19.1 Å². The highest BCUT2D eigenvalue weighted by atomic mass is 15.4. The van der Waals surface area contributed by atoms with Crippen LogP contribution in [-0.2, 0) is 6.54 Å². The molecule has 2 aliphatic rings. The number of hydrogen-bond donors (Lipinski definition) is 1. The fourth-order valence-electron chi connectivity index (χ4n) is 3.97. The SMILES string of the molecule is CCCn1nc(C)c(N)c1N1CCCC2CCCC21. The summed E-state index contributed by atoms with van der Waals surface area (Å²) in [5, 5.41) is 4.64. The van der Waals surface area contributed by atoms with Gasteiger partial charge in [0.05, 0.1) is 11.4 Å². The van der Waals surface area contributed by atoms with Crippen LogP contribution in [0.2, 0.25) is 0 Å². The summed E-state index contributed by atoms with van der Waals surface area (Å²) in [4.78, 5) is 2.58. The standard InChI is InChI=1S/C15H26N4/c1-3-9-19-15(14(16)11(2)17-19)18-10-5-7-12-6-4-8-13(12)18/h12-13H,3-10,16H2,1-2H3. The van der Waals surface area contributed by atoms with Gasteiger partial charge in [-0.3, -0.25) is 0 Å². The number of fused-ring (bicyclic) bond motifs is 1. The monoisotopic (exact) mass is 262 g/mol. The Bertz CT molecular complexity index is 451. The van der Waals surface area contributed by atoms with Crippen LogP contribution >= 0.6 is 0 Å². The van der Waals surface area contributed by atoms with Gasteiger partial charge >= 0.3 is 0 Å². The fraction of sp³-hybridized carbons (Fsp3) is 0.800. The molecule has 0 bridgehead atoms. The minimum Gasteiger partial charge on any atom is -0.394 e. The van der Waals surface area contributed by atoms with Gasteiger partial charge in [0.2, 0.25) is 0 Å². The number of rotatable bonds is 3. The van der Waals surface area contributed by atoms with E-state index in [1.165, 1.54) is 37.9 Å². The number of nitrogens with two attached hydrogens (primary N) is 1. The first-order valence-electron chi connectivity index (χ1n) is 7.82. The zero-order valence-corrected chi connectivity index (χ0v) is 12.2. The molecule has 4 nitrogen and oxygen atoms in total. The van der Waals surface area contributed by atoms with Gasteiger partial charge in [-0.05, 0) is 44.9 Å². The van der Waals surface area contributed by atoms with Crippen molar-refractivity contribution in [1.82, 2.24) is 9.78 Å². The molecule has 1 saturated carbocycles. The molecule has 106 valence electrons. The van der Waals surface area contributed by atoms with E-state index in [-0.39, 0.29) is 0 Å². The first-order chi connectivity index (χ1) is 9.22. The van der Waals surface area contributed by atoms with E-state index in [2.05, 4.69) is 21.6 Å². The molecule has 2 atom stereocenters. The first-order valence-corrected chi connectivity index (χ1v) is 7.82. The van der Waals surface area contributed by atoms with Gasteiger partial charge < -0.3 is 10.6 Å². The number of anilines is 2. The number of aryl methyl sites for hydroxylation is 2. The van der Waals surface area contributed by atoms with Crippen molar-refractivity contribution in [3.63, 3.8) is 0 Å². The lowest BCUT2D eigenvalue weighted by atomic mass is 9.92. The summed E-state index contributed by atoms with van der Waals surface area (Å²) in [7, 11) is 0. The largest absolute Gasteiger partial charge is 0.394 e. The van der Waals surface area contributed by atoms with E-state index in [4.69, 9.17) is 5.73 Å². The molecule has 2 unspecified atom stereocenters. The second-order valence-corrected chi connectivity index (χ2v) is 6.14. The smallest absolute Gasteiger partial charge is 0.150 e. The van der Waals surface area contributed by atoms with E-state index >= 15 is 0 Å². The van der Waals surface area contributed by atoms with Crippen molar-refractivity contribution in [2.45, 2.75) is 65.0 Å². The number of aromatic nitrogens is 2. The van der Waals surface area contributed by atoms with Crippen molar-refractivity contribution in [2.24, 2.45) is 5.92 Å². The predicted octanol–water partition coefficient (Wildman–Crippen LogP) is 2.95. The average molecular weight is 262 g/mol. The number of hydrogen-bond acceptors (Lipinski definition) is 3. The Labute approximate surface area is 116 Å². The van der Waals surface area contributed by atoms with Gasteiger partial charge in [-0.1, -0.05) is 13.3 Å². The Morgan fingerprint density at radius 2 is 2.05 bits per heavy atom. The van der Waals surface area contributed by atoms with Crippen molar-refractivity contribution < 1.29 is 0 Å². The molecule has 2 fully saturated rings. The summed E-state index contributed by atoms with van der Waals surface area (Å²) in [5.41, 5.74) is 8.22. The highest BCUT2D eigenvalue weighted by Gasteiger charge is 2.37. The molecule has 0 spiro atoms. The van der Waals surface area contributed by atoms with Gasteiger partial charge in [-0.15, -0.1) is 0 Å². The molecule has 1 aromatic heterocycles. The zero-order chi connectivity index (χ0) is 13.4. The summed E-state index contributed by atoms with van der Waals surface area (Å²) in [6, 6.07) is 0.711. The third-order valence-corrected chi connectivity index (χ3v) is 4.85. The van der Waals surface area contributed by atoms with Crippen molar-refractivity contribution >= 4 is 11.5 Å². The maximum absolute atomic E-state index is 6.32. The summed E-state index contributed by atoms with van der Waals surface area (Å²) < 4.78 is 2.14. The summed E-state index contributed by atoms with van der Waals surface area (Å²) in [5.74, 6) is 2.09. The Morgan fingerprint density at radius 3 is 2.84 bits per heavy atom.